The molecule has 5 rings (SSSR count). The van der Waals surface area contributed by atoms with Crippen LogP contribution in [0.2, 0.25) is 0 Å². The average Bonchev–Trinajstić information content (AvgIpc) is 3.60. The van der Waals surface area contributed by atoms with Gasteiger partial charge in [-0.05, 0) is 24.5 Å². The van der Waals surface area contributed by atoms with E-state index in [-0.39, 0.29) is 22.8 Å². The minimum Gasteiger partial charge on any atom is -0.503 e. The van der Waals surface area contributed by atoms with Gasteiger partial charge in [0, 0.05) is 31.4 Å². The number of phenolic OH excluding ortho intramolecular Hbond substituents is 1. The molecule has 0 saturated heterocycles. The lowest BCUT2D eigenvalue weighted by atomic mass is 10.0. The number of phenols is 1. The Morgan fingerprint density at radius 2 is 1.82 bits per heavy atom. The van der Waals surface area contributed by atoms with E-state index in [9.17, 15) is 27.1 Å². The molecular formula is C23H18F5N5O. The second-order valence-electron chi connectivity index (χ2n) is 8.17. The van der Waals surface area contributed by atoms with Crippen molar-refractivity contribution in [2.75, 3.05) is 4.90 Å². The first-order valence-corrected chi connectivity index (χ1v) is 10.4. The summed E-state index contributed by atoms with van der Waals surface area (Å²) in [5, 5.41) is 14.0. The molecule has 4 aromatic rings. The molecule has 0 unspecified atom stereocenters. The quantitative estimate of drug-likeness (QED) is 0.402. The Morgan fingerprint density at radius 3 is 2.47 bits per heavy atom. The Kier molecular flexibility index (Phi) is 5.14. The highest BCUT2D eigenvalue weighted by Gasteiger charge is 2.38. The predicted octanol–water partition coefficient (Wildman–Crippen LogP) is 5.20. The average molecular weight is 475 g/mol. The molecule has 0 radical (unpaired) electrons. The molecule has 2 aromatic carbocycles. The van der Waals surface area contributed by atoms with Crippen LogP contribution in [0.4, 0.5) is 27.9 Å². The van der Waals surface area contributed by atoms with Gasteiger partial charge in [0.25, 0.3) is 0 Å². The zero-order valence-corrected chi connectivity index (χ0v) is 17.8. The molecule has 2 heterocycles. The molecule has 1 N–H and O–H groups in total. The van der Waals surface area contributed by atoms with Crippen molar-refractivity contribution in [3.63, 3.8) is 0 Å². The second kappa shape index (κ2) is 7.93. The molecule has 6 nitrogen and oxygen atoms in total. The molecule has 11 heteroatoms. The van der Waals surface area contributed by atoms with Crippen molar-refractivity contribution in [1.29, 1.82) is 0 Å². The molecule has 0 aliphatic heterocycles. The molecule has 2 aromatic heterocycles. The van der Waals surface area contributed by atoms with Crippen LogP contribution in [0.3, 0.4) is 0 Å². The maximum Gasteiger partial charge on any atom is 0.419 e. The fourth-order valence-electron chi connectivity index (χ4n) is 3.90. The van der Waals surface area contributed by atoms with E-state index in [0.29, 0.717) is 18.6 Å². The number of aryl methyl sites for hydroxylation is 1. The van der Waals surface area contributed by atoms with Crippen molar-refractivity contribution < 1.29 is 27.1 Å². The molecule has 1 fully saturated rings. The largest absolute Gasteiger partial charge is 0.503 e. The SMILES string of the molecule is Cn1nc(-c2cc(C(F)(F)F)c(F)c(O)c2F)c2cnc(N(Cc3ccccc3)C3CC3)nc21. The van der Waals surface area contributed by atoms with E-state index in [1.807, 2.05) is 35.2 Å². The van der Waals surface area contributed by atoms with Crippen LogP contribution in [0.5, 0.6) is 5.75 Å². The number of nitrogens with zero attached hydrogens (tertiary/aromatic N) is 5. The maximum absolute atomic E-state index is 14.7. The van der Waals surface area contributed by atoms with Crippen LogP contribution in [0.25, 0.3) is 22.3 Å². The molecular weight excluding hydrogens is 457 g/mol. The van der Waals surface area contributed by atoms with Gasteiger partial charge in [0.15, 0.2) is 23.0 Å². The molecule has 176 valence electrons. The summed E-state index contributed by atoms with van der Waals surface area (Å²) in [6.07, 6.45) is -1.83. The third-order valence-corrected chi connectivity index (χ3v) is 5.75. The number of rotatable bonds is 5. The number of anilines is 1. The van der Waals surface area contributed by atoms with Crippen molar-refractivity contribution in [3.8, 4) is 17.0 Å². The summed E-state index contributed by atoms with van der Waals surface area (Å²) >= 11 is 0. The number of benzene rings is 2. The summed E-state index contributed by atoms with van der Waals surface area (Å²) < 4.78 is 69.6. The third kappa shape index (κ3) is 3.80. The normalized spacial score (nSPS) is 14.1. The van der Waals surface area contributed by atoms with E-state index >= 15 is 0 Å². The van der Waals surface area contributed by atoms with E-state index in [1.165, 1.54) is 17.9 Å². The molecule has 1 saturated carbocycles. The molecule has 0 spiro atoms. The summed E-state index contributed by atoms with van der Waals surface area (Å²) in [6, 6.07) is 10.3. The lowest BCUT2D eigenvalue weighted by Crippen LogP contribution is -2.27. The number of halogens is 5. The molecule has 0 bridgehead atoms. The van der Waals surface area contributed by atoms with Crippen LogP contribution in [0.15, 0.2) is 42.6 Å². The summed E-state index contributed by atoms with van der Waals surface area (Å²) in [6.45, 7) is 0.567. The molecule has 0 amide bonds. The third-order valence-electron chi connectivity index (χ3n) is 5.75. The van der Waals surface area contributed by atoms with Crippen LogP contribution in [-0.4, -0.2) is 30.9 Å². The van der Waals surface area contributed by atoms with Crippen LogP contribution in [0.1, 0.15) is 24.0 Å². The predicted molar refractivity (Wildman–Crippen MR) is 114 cm³/mol. The number of fused-ring (bicyclic) bond motifs is 1. The van der Waals surface area contributed by atoms with Gasteiger partial charge >= 0.3 is 6.18 Å². The summed E-state index contributed by atoms with van der Waals surface area (Å²) in [4.78, 5) is 11.0. The van der Waals surface area contributed by atoms with Crippen molar-refractivity contribution in [1.82, 2.24) is 19.7 Å². The van der Waals surface area contributed by atoms with Gasteiger partial charge < -0.3 is 10.0 Å². The number of alkyl halides is 3. The highest BCUT2D eigenvalue weighted by molar-refractivity contribution is 5.91. The van der Waals surface area contributed by atoms with Gasteiger partial charge in [-0.25, -0.2) is 18.4 Å². The fraction of sp³-hybridized carbons (Fsp3) is 0.261. The number of aromatic hydroxyl groups is 1. The van der Waals surface area contributed by atoms with E-state index < -0.39 is 34.7 Å². The monoisotopic (exact) mass is 475 g/mol. The second-order valence-corrected chi connectivity index (χ2v) is 8.17. The Hall–Kier alpha value is -3.76. The fourth-order valence-corrected chi connectivity index (χ4v) is 3.90. The topological polar surface area (TPSA) is 67.1 Å². The van der Waals surface area contributed by atoms with Crippen molar-refractivity contribution in [3.05, 3.63) is 65.4 Å². The molecule has 1 aliphatic rings. The minimum absolute atomic E-state index is 0.166. The van der Waals surface area contributed by atoms with Gasteiger partial charge in [0.2, 0.25) is 5.95 Å². The lowest BCUT2D eigenvalue weighted by molar-refractivity contribution is -0.140. The van der Waals surface area contributed by atoms with Crippen LogP contribution in [0, 0.1) is 11.6 Å². The van der Waals surface area contributed by atoms with Gasteiger partial charge in [0.1, 0.15) is 5.69 Å². The highest BCUT2D eigenvalue weighted by Crippen LogP contribution is 2.41. The van der Waals surface area contributed by atoms with Gasteiger partial charge in [-0.1, -0.05) is 30.3 Å². The first-order chi connectivity index (χ1) is 16.1. The van der Waals surface area contributed by atoms with E-state index in [4.69, 9.17) is 0 Å². The van der Waals surface area contributed by atoms with E-state index in [2.05, 4.69) is 15.1 Å². The Labute approximate surface area is 190 Å². The zero-order chi connectivity index (χ0) is 24.2. The Balaban J connectivity index is 1.61. The van der Waals surface area contributed by atoms with Gasteiger partial charge in [-0.15, -0.1) is 0 Å². The smallest absolute Gasteiger partial charge is 0.419 e. The number of hydrogen-bond acceptors (Lipinski definition) is 5. The molecule has 34 heavy (non-hydrogen) atoms. The van der Waals surface area contributed by atoms with Crippen LogP contribution < -0.4 is 4.90 Å². The van der Waals surface area contributed by atoms with E-state index in [1.54, 1.807) is 0 Å². The van der Waals surface area contributed by atoms with Crippen molar-refractivity contribution in [2.45, 2.75) is 31.6 Å². The Morgan fingerprint density at radius 1 is 1.12 bits per heavy atom. The minimum atomic E-state index is -5.14. The van der Waals surface area contributed by atoms with Gasteiger partial charge in [-0.3, -0.25) is 0 Å². The lowest BCUT2D eigenvalue weighted by Gasteiger charge is -2.22. The highest BCUT2D eigenvalue weighted by atomic mass is 19.4. The van der Waals surface area contributed by atoms with Gasteiger partial charge in [-0.2, -0.15) is 23.3 Å². The first-order valence-electron chi connectivity index (χ1n) is 10.4. The summed E-state index contributed by atoms with van der Waals surface area (Å²) in [5.41, 5.74) is -1.40. The standard InChI is InChI=1S/C23H18F5N5O/c1-32-21-15(19(31-32)14-9-16(23(26,27)28)18(25)20(34)17(14)24)10-29-22(30-21)33(13-7-8-13)11-12-5-3-2-4-6-12/h2-6,9-10,13,34H,7-8,11H2,1H3. The molecule has 1 aliphatic carbocycles. The Bertz CT molecular complexity index is 1380. The zero-order valence-electron chi connectivity index (χ0n) is 17.8. The summed E-state index contributed by atoms with van der Waals surface area (Å²) in [7, 11) is 1.51. The maximum atomic E-state index is 14.7. The molecule has 0 atom stereocenters. The van der Waals surface area contributed by atoms with Gasteiger partial charge in [0.05, 0.1) is 10.9 Å². The summed E-state index contributed by atoms with van der Waals surface area (Å²) in [5.74, 6) is -4.93. The van der Waals surface area contributed by atoms with E-state index in [0.717, 1.165) is 18.4 Å². The van der Waals surface area contributed by atoms with Crippen molar-refractivity contribution >= 4 is 17.0 Å². The van der Waals surface area contributed by atoms with Crippen molar-refractivity contribution in [2.24, 2.45) is 7.05 Å². The van der Waals surface area contributed by atoms with Crippen LogP contribution in [-0.2, 0) is 19.8 Å². The number of hydrogen-bond donors (Lipinski definition) is 1. The van der Waals surface area contributed by atoms with Crippen LogP contribution >= 0.6 is 0 Å². The number of aromatic nitrogens is 4. The first kappa shape index (κ1) is 22.1.